The molecule has 0 radical (unpaired) electrons. The Morgan fingerprint density at radius 2 is 2.04 bits per heavy atom. The fraction of sp³-hybridized carbons (Fsp3) is 0.533. The summed E-state index contributed by atoms with van der Waals surface area (Å²) in [4.78, 5) is 12.2. The van der Waals surface area contributed by atoms with Crippen LogP contribution in [0.2, 0.25) is 5.02 Å². The van der Waals surface area contributed by atoms with Crippen molar-refractivity contribution in [1.29, 1.82) is 0 Å². The molecule has 4 N–H and O–H groups in total. The number of halogens is 2. The van der Waals surface area contributed by atoms with Crippen LogP contribution in [0.15, 0.2) is 29.2 Å². The van der Waals surface area contributed by atoms with Gasteiger partial charge < -0.3 is 11.1 Å². The summed E-state index contributed by atoms with van der Waals surface area (Å²) in [6.45, 7) is 0.881. The topological polar surface area (TPSA) is 101 Å². The molecule has 9 heteroatoms. The zero-order chi connectivity index (χ0) is 16.9. The Hall–Kier alpha value is -0.860. The largest absolute Gasteiger partial charge is 0.355 e. The highest BCUT2D eigenvalue weighted by Gasteiger charge is 2.31. The van der Waals surface area contributed by atoms with Gasteiger partial charge in [-0.2, -0.15) is 0 Å². The molecule has 0 heterocycles. The average Bonchev–Trinajstić information content (AvgIpc) is 3.00. The van der Waals surface area contributed by atoms with Crippen LogP contribution in [0.5, 0.6) is 0 Å². The van der Waals surface area contributed by atoms with Crippen LogP contribution < -0.4 is 15.8 Å². The molecule has 1 fully saturated rings. The minimum absolute atomic E-state index is 0. The lowest BCUT2D eigenvalue weighted by molar-refractivity contribution is -0.125. The maximum absolute atomic E-state index is 12.1. The van der Waals surface area contributed by atoms with E-state index in [-0.39, 0.29) is 48.1 Å². The Balaban J connectivity index is 0.00000288. The van der Waals surface area contributed by atoms with Crippen LogP contribution in [-0.4, -0.2) is 34.0 Å². The van der Waals surface area contributed by atoms with E-state index in [9.17, 15) is 13.2 Å². The van der Waals surface area contributed by atoms with E-state index in [1.807, 2.05) is 0 Å². The van der Waals surface area contributed by atoms with E-state index < -0.39 is 10.0 Å². The summed E-state index contributed by atoms with van der Waals surface area (Å²) in [5, 5.41) is 3.13. The first-order valence-electron chi connectivity index (χ1n) is 7.67. The van der Waals surface area contributed by atoms with E-state index >= 15 is 0 Å². The highest BCUT2D eigenvalue weighted by atomic mass is 35.5. The van der Waals surface area contributed by atoms with Crippen molar-refractivity contribution in [2.45, 2.75) is 24.2 Å². The quantitative estimate of drug-likeness (QED) is 0.609. The predicted molar refractivity (Wildman–Crippen MR) is 96.8 cm³/mol. The highest BCUT2D eigenvalue weighted by Crippen LogP contribution is 2.30. The Labute approximate surface area is 154 Å². The lowest BCUT2D eigenvalue weighted by atomic mass is 9.95. The predicted octanol–water partition coefficient (Wildman–Crippen LogP) is 1.53. The molecule has 136 valence electrons. The van der Waals surface area contributed by atoms with Gasteiger partial charge in [0.1, 0.15) is 0 Å². The minimum atomic E-state index is -3.62. The van der Waals surface area contributed by atoms with Gasteiger partial charge in [0.25, 0.3) is 0 Å². The molecule has 1 saturated carbocycles. The van der Waals surface area contributed by atoms with Crippen molar-refractivity contribution in [3.63, 3.8) is 0 Å². The summed E-state index contributed by atoms with van der Waals surface area (Å²) < 4.78 is 26.6. The van der Waals surface area contributed by atoms with Gasteiger partial charge in [-0.1, -0.05) is 24.1 Å². The van der Waals surface area contributed by atoms with Gasteiger partial charge >= 0.3 is 0 Å². The van der Waals surface area contributed by atoms with Crippen molar-refractivity contribution in [2.24, 2.45) is 17.6 Å². The van der Waals surface area contributed by atoms with E-state index in [4.69, 9.17) is 17.3 Å². The van der Waals surface area contributed by atoms with Gasteiger partial charge in [0.05, 0.1) is 4.90 Å². The number of sulfonamides is 1. The van der Waals surface area contributed by atoms with Crippen LogP contribution in [-0.2, 0) is 14.8 Å². The smallest absolute Gasteiger partial charge is 0.240 e. The number of amides is 1. The second-order valence-electron chi connectivity index (χ2n) is 5.68. The molecule has 0 aromatic heterocycles. The first kappa shape index (κ1) is 21.2. The summed E-state index contributed by atoms with van der Waals surface area (Å²) in [6.07, 6.45) is 2.85. The van der Waals surface area contributed by atoms with E-state index in [1.165, 1.54) is 12.1 Å². The van der Waals surface area contributed by atoms with E-state index in [1.54, 1.807) is 12.1 Å². The van der Waals surface area contributed by atoms with E-state index in [0.717, 1.165) is 19.3 Å². The molecule has 1 amide bonds. The van der Waals surface area contributed by atoms with E-state index in [2.05, 4.69) is 10.0 Å². The van der Waals surface area contributed by atoms with Crippen molar-refractivity contribution in [3.05, 3.63) is 29.3 Å². The summed E-state index contributed by atoms with van der Waals surface area (Å²) in [5.74, 6) is 0.141. The first-order chi connectivity index (χ1) is 10.9. The Kier molecular flexibility index (Phi) is 8.45. The number of rotatable bonds is 7. The number of nitrogens with one attached hydrogen (secondary N) is 2. The molecule has 1 aromatic carbocycles. The number of hydrogen-bond donors (Lipinski definition) is 3. The van der Waals surface area contributed by atoms with Gasteiger partial charge in [-0.05, 0) is 43.5 Å². The van der Waals surface area contributed by atoms with Crippen molar-refractivity contribution >= 4 is 39.9 Å². The zero-order valence-electron chi connectivity index (χ0n) is 13.2. The van der Waals surface area contributed by atoms with Crippen LogP contribution in [0.25, 0.3) is 0 Å². The first-order valence-corrected chi connectivity index (χ1v) is 9.53. The average molecular weight is 396 g/mol. The molecule has 1 aromatic rings. The van der Waals surface area contributed by atoms with E-state index in [0.29, 0.717) is 11.6 Å². The van der Waals surface area contributed by atoms with Crippen LogP contribution in [0, 0.1) is 11.8 Å². The SMILES string of the molecule is Cl.NC[C@H]1CCC[C@H]1C(=O)NCCNS(=O)(=O)c1cccc(Cl)c1. The number of hydrogen-bond acceptors (Lipinski definition) is 4. The van der Waals surface area contributed by atoms with Crippen molar-refractivity contribution in [2.75, 3.05) is 19.6 Å². The molecule has 0 saturated heterocycles. The lowest BCUT2D eigenvalue weighted by Crippen LogP contribution is -2.39. The summed E-state index contributed by atoms with van der Waals surface area (Å²) in [5.41, 5.74) is 5.67. The highest BCUT2D eigenvalue weighted by molar-refractivity contribution is 7.89. The molecule has 24 heavy (non-hydrogen) atoms. The summed E-state index contributed by atoms with van der Waals surface area (Å²) in [7, 11) is -3.62. The van der Waals surface area contributed by atoms with Gasteiger partial charge in [0, 0.05) is 24.0 Å². The number of nitrogens with two attached hydrogens (primary N) is 1. The number of benzene rings is 1. The van der Waals surface area contributed by atoms with Gasteiger partial charge in [-0.25, -0.2) is 13.1 Å². The third kappa shape index (κ3) is 5.60. The molecule has 0 bridgehead atoms. The molecule has 6 nitrogen and oxygen atoms in total. The molecule has 1 aliphatic rings. The minimum Gasteiger partial charge on any atom is -0.355 e. The van der Waals surface area contributed by atoms with Gasteiger partial charge in [-0.3, -0.25) is 4.79 Å². The normalized spacial score (nSPS) is 20.4. The second-order valence-corrected chi connectivity index (χ2v) is 7.88. The second kappa shape index (κ2) is 9.58. The number of carbonyl (C=O) groups excluding carboxylic acids is 1. The maximum atomic E-state index is 12.1. The molecular formula is C15H23Cl2N3O3S. The number of carbonyl (C=O) groups is 1. The monoisotopic (exact) mass is 395 g/mol. The van der Waals surface area contributed by atoms with Crippen LogP contribution >= 0.6 is 24.0 Å². The Morgan fingerprint density at radius 1 is 1.29 bits per heavy atom. The van der Waals surface area contributed by atoms with Crippen LogP contribution in [0.1, 0.15) is 19.3 Å². The van der Waals surface area contributed by atoms with Gasteiger partial charge in [0.2, 0.25) is 15.9 Å². The standard InChI is InChI=1S/C15H22ClN3O3S.ClH/c16-12-4-2-5-13(9-12)23(21,22)19-8-7-18-15(20)14-6-1-3-11(14)10-17;/h2,4-5,9,11,14,19H,1,3,6-8,10,17H2,(H,18,20);1H/t11-,14-;/m1./s1. The lowest BCUT2D eigenvalue weighted by Gasteiger charge is -2.17. The summed E-state index contributed by atoms with van der Waals surface area (Å²) >= 11 is 5.79. The molecule has 0 unspecified atom stereocenters. The maximum Gasteiger partial charge on any atom is 0.240 e. The van der Waals surface area contributed by atoms with Gasteiger partial charge in [0.15, 0.2) is 0 Å². The van der Waals surface area contributed by atoms with Crippen molar-refractivity contribution < 1.29 is 13.2 Å². The Morgan fingerprint density at radius 3 is 2.71 bits per heavy atom. The molecule has 1 aliphatic carbocycles. The van der Waals surface area contributed by atoms with Crippen LogP contribution in [0.3, 0.4) is 0 Å². The van der Waals surface area contributed by atoms with Crippen molar-refractivity contribution in [3.8, 4) is 0 Å². The third-order valence-electron chi connectivity index (χ3n) is 4.12. The fourth-order valence-corrected chi connectivity index (χ4v) is 4.22. The molecular weight excluding hydrogens is 373 g/mol. The molecule has 2 rings (SSSR count). The fourth-order valence-electron chi connectivity index (χ4n) is 2.88. The molecule has 0 aliphatic heterocycles. The zero-order valence-corrected chi connectivity index (χ0v) is 15.6. The van der Waals surface area contributed by atoms with Crippen molar-refractivity contribution in [1.82, 2.24) is 10.0 Å². The van der Waals surface area contributed by atoms with Gasteiger partial charge in [-0.15, -0.1) is 12.4 Å². The summed E-state index contributed by atoms with van der Waals surface area (Å²) in [6, 6.07) is 6.03. The molecule has 0 spiro atoms. The third-order valence-corrected chi connectivity index (χ3v) is 5.82. The Bertz CT molecular complexity index is 655. The van der Waals surface area contributed by atoms with Crippen LogP contribution in [0.4, 0.5) is 0 Å². The molecule has 2 atom stereocenters.